The van der Waals surface area contributed by atoms with Crippen molar-refractivity contribution in [1.29, 1.82) is 0 Å². The lowest BCUT2D eigenvalue weighted by molar-refractivity contribution is 0.240. The van der Waals surface area contributed by atoms with Gasteiger partial charge >= 0.3 is 6.03 Å². The second kappa shape index (κ2) is 5.48. The molecule has 0 unspecified atom stereocenters. The molecule has 0 aromatic carbocycles. The van der Waals surface area contributed by atoms with Crippen molar-refractivity contribution in [3.8, 4) is 0 Å². The molecule has 5 nitrogen and oxygen atoms in total. The maximum atomic E-state index is 11.7. The van der Waals surface area contributed by atoms with Gasteiger partial charge in [0, 0.05) is 0 Å². The fourth-order valence-electron chi connectivity index (χ4n) is 1.07. The quantitative estimate of drug-likeness (QED) is 0.803. The predicted molar refractivity (Wildman–Crippen MR) is 75.2 cm³/mol. The van der Waals surface area contributed by atoms with Crippen LogP contribution in [-0.2, 0) is 0 Å². The third-order valence-electron chi connectivity index (χ3n) is 1.78. The molecule has 0 saturated carbocycles. The highest BCUT2D eigenvalue weighted by Crippen LogP contribution is 2.16. The molecule has 0 spiro atoms. The molecule has 0 aliphatic carbocycles. The number of nitrogens with zero attached hydrogens (tertiary/aromatic N) is 2. The van der Waals surface area contributed by atoms with Gasteiger partial charge in [0.05, 0.1) is 10.5 Å². The first-order valence-electron chi connectivity index (χ1n) is 5.75. The van der Waals surface area contributed by atoms with Crippen molar-refractivity contribution in [3.05, 3.63) is 17.5 Å². The Bertz CT molecular complexity index is 418. The van der Waals surface area contributed by atoms with E-state index in [2.05, 4.69) is 20.9 Å². The van der Waals surface area contributed by atoms with Crippen LogP contribution < -0.4 is 10.6 Å². The van der Waals surface area contributed by atoms with Gasteiger partial charge < -0.3 is 5.32 Å². The number of urea groups is 1. The smallest absolute Gasteiger partial charge is 0.312 e. The van der Waals surface area contributed by atoms with E-state index in [0.29, 0.717) is 0 Å². The van der Waals surface area contributed by atoms with Crippen molar-refractivity contribution in [2.24, 2.45) is 10.2 Å². The molecule has 1 rings (SSSR count). The summed E-state index contributed by atoms with van der Waals surface area (Å²) in [6, 6.07) is 3.44. The molecule has 6 heteroatoms. The van der Waals surface area contributed by atoms with Gasteiger partial charge in [0.1, 0.15) is 5.66 Å². The third kappa shape index (κ3) is 5.77. The normalized spacial score (nSPS) is 12.7. The highest BCUT2D eigenvalue weighted by molar-refractivity contribution is 7.14. The van der Waals surface area contributed by atoms with Gasteiger partial charge in [-0.2, -0.15) is 10.2 Å². The molecule has 0 radical (unpaired) electrons. The van der Waals surface area contributed by atoms with Gasteiger partial charge in [-0.25, -0.2) is 4.79 Å². The molecule has 100 valence electrons. The zero-order chi connectivity index (χ0) is 13.8. The van der Waals surface area contributed by atoms with Gasteiger partial charge in [-0.1, -0.05) is 0 Å². The number of carbonyl (C=O) groups excluding carboxylic acids is 1. The first kappa shape index (κ1) is 14.6. The first-order chi connectivity index (χ1) is 8.18. The molecule has 0 aliphatic rings. The summed E-state index contributed by atoms with van der Waals surface area (Å²) in [4.78, 5) is 11.7. The molecular weight excluding hydrogens is 248 g/mol. The van der Waals surface area contributed by atoms with E-state index in [4.69, 9.17) is 0 Å². The standard InChI is InChI=1S/C12H20N4OS/c1-11(2,3)15-16-12(4,5)14-10(17)13-9-7-6-8-18-9/h6-8H,1-5H3,(H2,13,14,17). The minimum absolute atomic E-state index is 0.247. The van der Waals surface area contributed by atoms with E-state index in [0.717, 1.165) is 5.00 Å². The number of hydrogen-bond acceptors (Lipinski definition) is 4. The number of nitrogens with one attached hydrogen (secondary N) is 2. The fourth-order valence-corrected chi connectivity index (χ4v) is 1.68. The number of rotatable bonds is 3. The van der Waals surface area contributed by atoms with Gasteiger partial charge in [-0.05, 0) is 52.1 Å². The van der Waals surface area contributed by atoms with Crippen LogP contribution in [0.15, 0.2) is 27.7 Å². The Morgan fingerprint density at radius 2 is 1.89 bits per heavy atom. The maximum absolute atomic E-state index is 11.7. The summed E-state index contributed by atoms with van der Waals surface area (Å²) in [6.07, 6.45) is 0. The van der Waals surface area contributed by atoms with E-state index in [1.807, 2.05) is 38.3 Å². The third-order valence-corrected chi connectivity index (χ3v) is 2.56. The van der Waals surface area contributed by atoms with Gasteiger partial charge in [-0.3, -0.25) is 5.32 Å². The average molecular weight is 268 g/mol. The lowest BCUT2D eigenvalue weighted by Crippen LogP contribution is -2.44. The lowest BCUT2D eigenvalue weighted by atomic mass is 10.1. The van der Waals surface area contributed by atoms with Crippen LogP contribution in [0, 0.1) is 0 Å². The van der Waals surface area contributed by atoms with Crippen LogP contribution in [0.3, 0.4) is 0 Å². The SMILES string of the molecule is CC(C)(C)N=NC(C)(C)NC(=O)Nc1cccs1. The highest BCUT2D eigenvalue weighted by Gasteiger charge is 2.21. The van der Waals surface area contributed by atoms with E-state index in [1.54, 1.807) is 13.8 Å². The van der Waals surface area contributed by atoms with E-state index in [-0.39, 0.29) is 11.6 Å². The summed E-state index contributed by atoms with van der Waals surface area (Å²) in [5.74, 6) is 0. The van der Waals surface area contributed by atoms with Crippen molar-refractivity contribution in [3.63, 3.8) is 0 Å². The van der Waals surface area contributed by atoms with Gasteiger partial charge in [-0.15, -0.1) is 11.3 Å². The van der Waals surface area contributed by atoms with Crippen LogP contribution in [-0.4, -0.2) is 17.2 Å². The van der Waals surface area contributed by atoms with Crippen LogP contribution in [0.2, 0.25) is 0 Å². The van der Waals surface area contributed by atoms with Gasteiger partial charge in [0.25, 0.3) is 0 Å². The lowest BCUT2D eigenvalue weighted by Gasteiger charge is -2.22. The van der Waals surface area contributed by atoms with Crippen LogP contribution in [0.25, 0.3) is 0 Å². The van der Waals surface area contributed by atoms with Crippen LogP contribution in [0.1, 0.15) is 34.6 Å². The molecule has 2 N–H and O–H groups in total. The molecular formula is C12H20N4OS. The summed E-state index contributed by atoms with van der Waals surface area (Å²) < 4.78 is 0. The van der Waals surface area contributed by atoms with Crippen molar-refractivity contribution in [1.82, 2.24) is 5.32 Å². The van der Waals surface area contributed by atoms with Crippen molar-refractivity contribution >= 4 is 22.4 Å². The largest absolute Gasteiger partial charge is 0.321 e. The Balaban J connectivity index is 2.55. The van der Waals surface area contributed by atoms with Crippen LogP contribution >= 0.6 is 11.3 Å². The Morgan fingerprint density at radius 3 is 2.39 bits per heavy atom. The van der Waals surface area contributed by atoms with Gasteiger partial charge in [0.15, 0.2) is 0 Å². The Hall–Kier alpha value is -1.43. The molecule has 0 atom stereocenters. The minimum atomic E-state index is -0.728. The predicted octanol–water partition coefficient (Wildman–Crippen LogP) is 3.86. The summed E-state index contributed by atoms with van der Waals surface area (Å²) in [5.41, 5.74) is -0.974. The molecule has 0 fully saturated rings. The Morgan fingerprint density at radius 1 is 1.22 bits per heavy atom. The van der Waals surface area contributed by atoms with Crippen molar-refractivity contribution in [2.45, 2.75) is 45.8 Å². The summed E-state index contributed by atoms with van der Waals surface area (Å²) in [6.45, 7) is 9.47. The number of hydrogen-bond donors (Lipinski definition) is 2. The van der Waals surface area contributed by atoms with E-state index < -0.39 is 5.66 Å². The van der Waals surface area contributed by atoms with E-state index >= 15 is 0 Å². The fraction of sp³-hybridized carbons (Fsp3) is 0.583. The summed E-state index contributed by atoms with van der Waals surface area (Å²) in [7, 11) is 0. The Kier molecular flexibility index (Phi) is 4.45. The zero-order valence-corrected chi connectivity index (χ0v) is 12.3. The second-order valence-corrected chi connectivity index (χ2v) is 6.43. The molecule has 1 heterocycles. The second-order valence-electron chi connectivity index (χ2n) is 5.49. The van der Waals surface area contributed by atoms with E-state index in [9.17, 15) is 4.79 Å². The molecule has 0 saturated heterocycles. The topological polar surface area (TPSA) is 65.8 Å². The number of anilines is 1. The molecule has 0 aliphatic heterocycles. The molecule has 1 aromatic rings. The number of thiophene rings is 1. The summed E-state index contributed by atoms with van der Waals surface area (Å²) >= 11 is 1.47. The van der Waals surface area contributed by atoms with Crippen LogP contribution in [0.4, 0.5) is 9.80 Å². The molecule has 18 heavy (non-hydrogen) atoms. The van der Waals surface area contributed by atoms with Crippen LogP contribution in [0.5, 0.6) is 0 Å². The van der Waals surface area contributed by atoms with Gasteiger partial charge in [0.2, 0.25) is 0 Å². The number of azo groups is 1. The van der Waals surface area contributed by atoms with Crippen molar-refractivity contribution in [2.75, 3.05) is 5.32 Å². The van der Waals surface area contributed by atoms with E-state index in [1.165, 1.54) is 11.3 Å². The maximum Gasteiger partial charge on any atom is 0.321 e. The highest BCUT2D eigenvalue weighted by atomic mass is 32.1. The van der Waals surface area contributed by atoms with Crippen molar-refractivity contribution < 1.29 is 4.79 Å². The summed E-state index contributed by atoms with van der Waals surface area (Å²) in [5, 5.41) is 16.5. The molecule has 0 bridgehead atoms. The minimum Gasteiger partial charge on any atom is -0.312 e. The first-order valence-corrected chi connectivity index (χ1v) is 6.63. The average Bonchev–Trinajstić information content (AvgIpc) is 2.65. The molecule has 2 amide bonds. The number of carbonyl (C=O) groups is 1. The number of amides is 2. The Labute approximate surface area is 112 Å². The monoisotopic (exact) mass is 268 g/mol. The molecule has 1 aromatic heterocycles. The zero-order valence-electron chi connectivity index (χ0n) is 11.4.